The topological polar surface area (TPSA) is 28.2 Å². The molecule has 0 aromatic carbocycles. The van der Waals surface area contributed by atoms with Crippen LogP contribution in [0.25, 0.3) is 0 Å². The molecule has 102 valence electrons. The van der Waals surface area contributed by atoms with Crippen molar-refractivity contribution in [2.45, 2.75) is 38.5 Å². The minimum atomic E-state index is 0.419. The fourth-order valence-corrected chi connectivity index (χ4v) is 4.33. The Morgan fingerprint density at radius 3 is 3.11 bits per heavy atom. The van der Waals surface area contributed by atoms with Crippen molar-refractivity contribution in [1.29, 1.82) is 0 Å². The van der Waals surface area contributed by atoms with E-state index in [1.807, 2.05) is 17.5 Å². The summed E-state index contributed by atoms with van der Waals surface area (Å²) in [7, 11) is 0. The van der Waals surface area contributed by atoms with Gasteiger partial charge in [0.1, 0.15) is 0 Å². The first kappa shape index (κ1) is 14.2. The summed E-state index contributed by atoms with van der Waals surface area (Å²) in [6.07, 6.45) is 3.29. The van der Waals surface area contributed by atoms with Gasteiger partial charge in [0.15, 0.2) is 5.13 Å². The van der Waals surface area contributed by atoms with Crippen LogP contribution < -0.4 is 10.2 Å². The van der Waals surface area contributed by atoms with Crippen molar-refractivity contribution in [3.63, 3.8) is 0 Å². The van der Waals surface area contributed by atoms with Crippen molar-refractivity contribution in [2.24, 2.45) is 0 Å². The first-order chi connectivity index (χ1) is 8.74. The molecule has 0 spiro atoms. The summed E-state index contributed by atoms with van der Waals surface area (Å²) >= 11 is 3.95. The minimum Gasteiger partial charge on any atom is -0.346 e. The fraction of sp³-hybridized carbons (Fsp3) is 0.769. The zero-order valence-corrected chi connectivity index (χ0v) is 13.1. The second-order valence-electron chi connectivity index (χ2n) is 4.67. The predicted molar refractivity (Wildman–Crippen MR) is 83.0 cm³/mol. The second-order valence-corrected chi connectivity index (χ2v) is 7.12. The van der Waals surface area contributed by atoms with Gasteiger partial charge >= 0.3 is 0 Å². The SMILES string of the molecule is CCNC(C)c1cnc(N2CCSC(CC)C2)s1. The van der Waals surface area contributed by atoms with Crippen molar-refractivity contribution in [3.05, 3.63) is 11.1 Å². The van der Waals surface area contributed by atoms with Crippen molar-refractivity contribution >= 4 is 28.2 Å². The predicted octanol–water partition coefficient (Wildman–Crippen LogP) is 3.15. The Hall–Kier alpha value is -0.260. The van der Waals surface area contributed by atoms with Gasteiger partial charge in [-0.1, -0.05) is 13.8 Å². The van der Waals surface area contributed by atoms with Crippen molar-refractivity contribution in [3.8, 4) is 0 Å². The number of hydrogen-bond donors (Lipinski definition) is 1. The lowest BCUT2D eigenvalue weighted by molar-refractivity contribution is 0.606. The Bertz CT molecular complexity index is 367. The van der Waals surface area contributed by atoms with Crippen LogP contribution in [0.2, 0.25) is 0 Å². The standard InChI is InChI=1S/C13H23N3S2/c1-4-11-9-16(6-7-17-11)13-15-8-12(18-13)10(3)14-5-2/h8,10-11,14H,4-7,9H2,1-3H3. The van der Waals surface area contributed by atoms with E-state index in [1.165, 1.54) is 22.2 Å². The molecule has 0 amide bonds. The summed E-state index contributed by atoms with van der Waals surface area (Å²) in [5.74, 6) is 1.23. The van der Waals surface area contributed by atoms with Gasteiger partial charge in [-0.3, -0.25) is 0 Å². The summed E-state index contributed by atoms with van der Waals surface area (Å²) < 4.78 is 0. The van der Waals surface area contributed by atoms with Gasteiger partial charge in [-0.15, -0.1) is 11.3 Å². The molecule has 1 aromatic rings. The molecule has 0 radical (unpaired) electrons. The number of thioether (sulfide) groups is 1. The lowest BCUT2D eigenvalue weighted by Crippen LogP contribution is -2.37. The highest BCUT2D eigenvalue weighted by atomic mass is 32.2. The molecule has 1 aromatic heterocycles. The highest BCUT2D eigenvalue weighted by Gasteiger charge is 2.21. The van der Waals surface area contributed by atoms with E-state index in [2.05, 4.69) is 47.7 Å². The summed E-state index contributed by atoms with van der Waals surface area (Å²) in [6.45, 7) is 9.94. The molecule has 18 heavy (non-hydrogen) atoms. The van der Waals surface area contributed by atoms with Gasteiger partial charge in [0, 0.05) is 41.2 Å². The molecule has 0 saturated carbocycles. The quantitative estimate of drug-likeness (QED) is 0.899. The lowest BCUT2D eigenvalue weighted by Gasteiger charge is -2.31. The van der Waals surface area contributed by atoms with Crippen LogP contribution in [-0.4, -0.2) is 35.6 Å². The summed E-state index contributed by atoms with van der Waals surface area (Å²) in [5.41, 5.74) is 0. The number of anilines is 1. The van der Waals surface area contributed by atoms with Gasteiger partial charge in [-0.25, -0.2) is 4.98 Å². The van der Waals surface area contributed by atoms with Crippen molar-refractivity contribution in [2.75, 3.05) is 30.3 Å². The largest absolute Gasteiger partial charge is 0.346 e. The van der Waals surface area contributed by atoms with Gasteiger partial charge in [0.05, 0.1) is 0 Å². The number of nitrogens with one attached hydrogen (secondary N) is 1. The molecule has 1 aliphatic heterocycles. The Kier molecular flexibility index (Phi) is 5.33. The summed E-state index contributed by atoms with van der Waals surface area (Å²) in [5, 5.41) is 5.42. The van der Waals surface area contributed by atoms with Crippen LogP contribution >= 0.6 is 23.1 Å². The van der Waals surface area contributed by atoms with E-state index in [4.69, 9.17) is 0 Å². The van der Waals surface area contributed by atoms with E-state index in [0.29, 0.717) is 6.04 Å². The first-order valence-electron chi connectivity index (χ1n) is 6.80. The lowest BCUT2D eigenvalue weighted by atomic mass is 10.3. The van der Waals surface area contributed by atoms with E-state index in [9.17, 15) is 0 Å². The molecule has 5 heteroatoms. The molecule has 0 aliphatic carbocycles. The Balaban J connectivity index is 2.00. The smallest absolute Gasteiger partial charge is 0.185 e. The van der Waals surface area contributed by atoms with E-state index in [-0.39, 0.29) is 0 Å². The summed E-state index contributed by atoms with van der Waals surface area (Å²) in [4.78, 5) is 8.41. The molecular weight excluding hydrogens is 262 g/mol. The maximum atomic E-state index is 4.61. The average molecular weight is 285 g/mol. The molecule has 3 nitrogen and oxygen atoms in total. The van der Waals surface area contributed by atoms with Crippen molar-refractivity contribution in [1.82, 2.24) is 10.3 Å². The number of nitrogens with zero attached hydrogens (tertiary/aromatic N) is 2. The van der Waals surface area contributed by atoms with Crippen LogP contribution in [0.15, 0.2) is 6.20 Å². The normalized spacial score (nSPS) is 22.2. The monoisotopic (exact) mass is 285 g/mol. The Labute approximate surface area is 118 Å². The number of thiazole rings is 1. The van der Waals surface area contributed by atoms with Crippen LogP contribution in [0, 0.1) is 0 Å². The molecule has 2 heterocycles. The summed E-state index contributed by atoms with van der Waals surface area (Å²) in [6, 6.07) is 0.419. The van der Waals surface area contributed by atoms with Crippen LogP contribution in [0.3, 0.4) is 0 Å². The van der Waals surface area contributed by atoms with E-state index in [0.717, 1.165) is 24.9 Å². The maximum Gasteiger partial charge on any atom is 0.185 e. The number of aromatic nitrogens is 1. The van der Waals surface area contributed by atoms with E-state index in [1.54, 1.807) is 0 Å². The molecule has 2 unspecified atom stereocenters. The third-order valence-corrected chi connectivity index (χ3v) is 5.93. The van der Waals surface area contributed by atoms with Gasteiger partial charge in [-0.2, -0.15) is 11.8 Å². The van der Waals surface area contributed by atoms with Gasteiger partial charge in [0.2, 0.25) is 0 Å². The third kappa shape index (κ3) is 3.39. The van der Waals surface area contributed by atoms with Gasteiger partial charge in [-0.05, 0) is 19.9 Å². The van der Waals surface area contributed by atoms with Crippen LogP contribution in [0.4, 0.5) is 5.13 Å². The van der Waals surface area contributed by atoms with Crippen molar-refractivity contribution < 1.29 is 0 Å². The first-order valence-corrected chi connectivity index (χ1v) is 8.66. The third-order valence-electron chi connectivity index (χ3n) is 3.31. The maximum absolute atomic E-state index is 4.61. The number of rotatable bonds is 5. The molecule has 1 saturated heterocycles. The van der Waals surface area contributed by atoms with Gasteiger partial charge < -0.3 is 10.2 Å². The van der Waals surface area contributed by atoms with E-state index < -0.39 is 0 Å². The van der Waals surface area contributed by atoms with Crippen LogP contribution in [-0.2, 0) is 0 Å². The zero-order valence-electron chi connectivity index (χ0n) is 11.5. The molecule has 2 rings (SSSR count). The van der Waals surface area contributed by atoms with Crippen LogP contribution in [0.5, 0.6) is 0 Å². The molecular formula is C13H23N3S2. The average Bonchev–Trinajstić information content (AvgIpc) is 2.89. The molecule has 1 fully saturated rings. The molecule has 0 bridgehead atoms. The Morgan fingerprint density at radius 1 is 1.56 bits per heavy atom. The highest BCUT2D eigenvalue weighted by Crippen LogP contribution is 2.31. The van der Waals surface area contributed by atoms with Crippen LogP contribution in [0.1, 0.15) is 38.1 Å². The molecule has 1 N–H and O–H groups in total. The second kappa shape index (κ2) is 6.78. The number of hydrogen-bond acceptors (Lipinski definition) is 5. The molecule has 1 aliphatic rings. The fourth-order valence-electron chi connectivity index (χ4n) is 2.17. The molecule has 2 atom stereocenters. The van der Waals surface area contributed by atoms with Gasteiger partial charge in [0.25, 0.3) is 0 Å². The Morgan fingerprint density at radius 2 is 2.39 bits per heavy atom. The zero-order chi connectivity index (χ0) is 13.0. The van der Waals surface area contributed by atoms with E-state index >= 15 is 0 Å². The highest BCUT2D eigenvalue weighted by molar-refractivity contribution is 8.00. The minimum absolute atomic E-state index is 0.419.